The maximum Gasteiger partial charge on any atom is 0.224 e. The van der Waals surface area contributed by atoms with Crippen LogP contribution >= 0.6 is 11.8 Å². The lowest BCUT2D eigenvalue weighted by atomic mass is 10.1. The van der Waals surface area contributed by atoms with Crippen LogP contribution in [0.3, 0.4) is 0 Å². The van der Waals surface area contributed by atoms with Gasteiger partial charge in [-0.05, 0) is 69.3 Å². The van der Waals surface area contributed by atoms with Gasteiger partial charge in [0.1, 0.15) is 30.0 Å². The third-order valence-electron chi connectivity index (χ3n) is 8.20. The topological polar surface area (TPSA) is 106 Å². The molecule has 0 spiro atoms. The van der Waals surface area contributed by atoms with Crippen LogP contribution in [0.1, 0.15) is 28.8 Å². The van der Waals surface area contributed by atoms with Crippen LogP contribution in [0, 0.1) is 27.7 Å². The fourth-order valence-electron chi connectivity index (χ4n) is 5.55. The SMILES string of the molecule is Cc1ccc(OC[C@H]2O[C@@H](n3cnc(-c4noc(C)n4)c3/N=C/Sc3ccccc3)[C@H](Oc3ccc(C)cc3)[C@@H]2Oc2ccc(C)cc2)cc1. The summed E-state index contributed by atoms with van der Waals surface area (Å²) in [6.45, 7) is 8.06. The zero-order valence-electron chi connectivity index (χ0n) is 28.2. The number of thioether (sulfide) groups is 1. The molecule has 0 radical (unpaired) electrons. The van der Waals surface area contributed by atoms with E-state index < -0.39 is 24.5 Å². The number of nitrogens with zero attached hydrogens (tertiary/aromatic N) is 5. The van der Waals surface area contributed by atoms with Crippen LogP contribution in [0.15, 0.2) is 124 Å². The molecule has 0 unspecified atom stereocenters. The lowest BCUT2D eigenvalue weighted by Gasteiger charge is -2.27. The molecule has 50 heavy (non-hydrogen) atoms. The van der Waals surface area contributed by atoms with E-state index in [9.17, 15) is 0 Å². The Hall–Kier alpha value is -5.39. The maximum absolute atomic E-state index is 6.87. The second kappa shape index (κ2) is 15.0. The van der Waals surface area contributed by atoms with Crippen LogP contribution in [-0.4, -0.2) is 50.2 Å². The van der Waals surface area contributed by atoms with Gasteiger partial charge in [0, 0.05) is 11.8 Å². The number of hydrogen-bond donors (Lipinski definition) is 0. The zero-order valence-corrected chi connectivity index (χ0v) is 29.0. The van der Waals surface area contributed by atoms with Gasteiger partial charge in [-0.3, -0.25) is 4.57 Å². The highest BCUT2D eigenvalue weighted by molar-refractivity contribution is 8.12. The van der Waals surface area contributed by atoms with E-state index in [1.807, 2.05) is 128 Å². The van der Waals surface area contributed by atoms with Gasteiger partial charge in [0.25, 0.3) is 0 Å². The van der Waals surface area contributed by atoms with Crippen LogP contribution in [0.25, 0.3) is 11.5 Å². The summed E-state index contributed by atoms with van der Waals surface area (Å²) in [6.07, 6.45) is -0.865. The van der Waals surface area contributed by atoms with E-state index in [1.165, 1.54) is 11.8 Å². The van der Waals surface area contributed by atoms with E-state index in [0.717, 1.165) is 27.3 Å². The average Bonchev–Trinajstić information content (AvgIpc) is 3.84. The molecule has 2 aromatic heterocycles. The highest BCUT2D eigenvalue weighted by atomic mass is 32.2. The summed E-state index contributed by atoms with van der Waals surface area (Å²) in [4.78, 5) is 15.1. The lowest BCUT2D eigenvalue weighted by Crippen LogP contribution is -2.42. The second-order valence-corrected chi connectivity index (χ2v) is 13.0. The van der Waals surface area contributed by atoms with Crippen LogP contribution in [-0.2, 0) is 4.74 Å². The first kappa shape index (κ1) is 33.1. The van der Waals surface area contributed by atoms with Crippen molar-refractivity contribution in [2.75, 3.05) is 6.61 Å². The molecule has 254 valence electrons. The van der Waals surface area contributed by atoms with Crippen molar-refractivity contribution in [3.8, 4) is 28.8 Å². The summed E-state index contributed by atoms with van der Waals surface area (Å²) in [5.41, 5.74) is 5.61. The van der Waals surface area contributed by atoms with E-state index in [0.29, 0.717) is 34.7 Å². The van der Waals surface area contributed by atoms with E-state index in [2.05, 4.69) is 10.1 Å². The Bertz CT molecular complexity index is 2030. The van der Waals surface area contributed by atoms with Crippen molar-refractivity contribution in [2.45, 2.75) is 57.1 Å². The van der Waals surface area contributed by atoms with E-state index >= 15 is 0 Å². The molecule has 0 N–H and O–H groups in total. The molecule has 7 rings (SSSR count). The summed E-state index contributed by atoms with van der Waals surface area (Å²) in [7, 11) is 0. The third-order valence-corrected chi connectivity index (χ3v) is 8.95. The summed E-state index contributed by atoms with van der Waals surface area (Å²) in [6, 6.07) is 33.8. The molecule has 1 aliphatic rings. The van der Waals surface area contributed by atoms with Gasteiger partial charge in [0.05, 0.1) is 11.9 Å². The van der Waals surface area contributed by atoms with Gasteiger partial charge in [-0.1, -0.05) is 88.2 Å². The van der Waals surface area contributed by atoms with Crippen LogP contribution < -0.4 is 14.2 Å². The van der Waals surface area contributed by atoms with Gasteiger partial charge in [0.15, 0.2) is 29.9 Å². The van der Waals surface area contributed by atoms with Crippen molar-refractivity contribution in [3.63, 3.8) is 0 Å². The van der Waals surface area contributed by atoms with Crippen LogP contribution in [0.2, 0.25) is 0 Å². The zero-order chi connectivity index (χ0) is 34.5. The van der Waals surface area contributed by atoms with E-state index in [-0.39, 0.29) is 6.61 Å². The van der Waals surface area contributed by atoms with Crippen molar-refractivity contribution < 1.29 is 23.5 Å². The molecule has 0 saturated carbocycles. The molecule has 4 aromatic carbocycles. The molecule has 1 fully saturated rings. The van der Waals surface area contributed by atoms with Crippen molar-refractivity contribution in [1.29, 1.82) is 0 Å². The summed E-state index contributed by atoms with van der Waals surface area (Å²) < 4.78 is 33.9. The third kappa shape index (κ3) is 7.74. The monoisotopic (exact) mass is 687 g/mol. The van der Waals surface area contributed by atoms with Gasteiger partial charge in [0.2, 0.25) is 11.7 Å². The molecule has 0 bridgehead atoms. The number of hydrogen-bond acceptors (Lipinski definition) is 10. The molecule has 11 heteroatoms. The molecule has 0 aliphatic carbocycles. The number of ether oxygens (including phenoxy) is 4. The quantitative estimate of drug-likeness (QED) is 0.0711. The molecule has 0 amide bonds. The Morgan fingerprint density at radius 2 is 1.36 bits per heavy atom. The minimum atomic E-state index is -0.735. The summed E-state index contributed by atoms with van der Waals surface area (Å²) >= 11 is 1.48. The molecular formula is C39H37N5O5S. The number of benzene rings is 4. The highest BCUT2D eigenvalue weighted by Gasteiger charge is 2.50. The van der Waals surface area contributed by atoms with Crippen molar-refractivity contribution in [2.24, 2.45) is 4.99 Å². The first-order valence-electron chi connectivity index (χ1n) is 16.3. The van der Waals surface area contributed by atoms with Crippen LogP contribution in [0.4, 0.5) is 5.82 Å². The van der Waals surface area contributed by atoms with E-state index in [1.54, 1.807) is 18.8 Å². The number of aliphatic imine (C=N–C) groups is 1. The predicted octanol–water partition coefficient (Wildman–Crippen LogP) is 8.49. The fraction of sp³-hybridized carbons (Fsp3) is 0.231. The minimum Gasteiger partial charge on any atom is -0.491 e. The van der Waals surface area contributed by atoms with Gasteiger partial charge in [-0.25, -0.2) is 9.98 Å². The molecule has 4 atom stereocenters. The molecule has 6 aromatic rings. The Labute approximate surface area is 295 Å². The first-order chi connectivity index (χ1) is 24.4. The van der Waals surface area contributed by atoms with E-state index in [4.69, 9.17) is 33.4 Å². The fourth-order valence-corrected chi connectivity index (χ4v) is 6.14. The number of aromatic nitrogens is 4. The predicted molar refractivity (Wildman–Crippen MR) is 192 cm³/mol. The average molecular weight is 688 g/mol. The Morgan fingerprint density at radius 1 is 0.760 bits per heavy atom. The number of aryl methyl sites for hydroxylation is 4. The smallest absolute Gasteiger partial charge is 0.224 e. The minimum absolute atomic E-state index is 0.206. The number of imidazole rings is 1. The molecule has 3 heterocycles. The molecule has 1 aliphatic heterocycles. The molecule has 10 nitrogen and oxygen atoms in total. The van der Waals surface area contributed by atoms with Crippen molar-refractivity contribution >= 4 is 23.1 Å². The Morgan fingerprint density at radius 3 is 1.96 bits per heavy atom. The van der Waals surface area contributed by atoms with Gasteiger partial charge in [-0.15, -0.1) is 0 Å². The van der Waals surface area contributed by atoms with Gasteiger partial charge in [-0.2, -0.15) is 4.98 Å². The number of rotatable bonds is 12. The summed E-state index contributed by atoms with van der Waals surface area (Å²) in [5.74, 6) is 3.30. The Balaban J connectivity index is 1.29. The standard InChI is InChI=1S/C39H37N5O5S/c1-25-10-16-29(17-11-25)45-22-33-35(46-30-18-12-26(2)13-19-30)36(47-31-20-14-27(3)15-21-31)39(48-33)44-23-40-34(37-42-28(4)49-43-37)38(44)41-24-50-32-8-6-5-7-9-32/h5-21,23-24,33,35-36,39H,22H2,1-4H3/b41-24+/t33-,35-,36-,39-/m1/s1. The molecule has 1 saturated heterocycles. The first-order valence-corrected chi connectivity index (χ1v) is 17.2. The maximum atomic E-state index is 6.87. The normalized spacial score (nSPS) is 18.8. The van der Waals surface area contributed by atoms with Crippen molar-refractivity contribution in [3.05, 3.63) is 132 Å². The van der Waals surface area contributed by atoms with Gasteiger partial charge >= 0.3 is 0 Å². The van der Waals surface area contributed by atoms with Gasteiger partial charge < -0.3 is 23.5 Å². The van der Waals surface area contributed by atoms with Crippen LogP contribution in [0.5, 0.6) is 17.2 Å². The summed E-state index contributed by atoms with van der Waals surface area (Å²) in [5, 5.41) is 4.15. The molecular weight excluding hydrogens is 651 g/mol. The lowest BCUT2D eigenvalue weighted by molar-refractivity contribution is -0.0443. The van der Waals surface area contributed by atoms with Crippen molar-refractivity contribution in [1.82, 2.24) is 19.7 Å². The second-order valence-electron chi connectivity index (χ2n) is 12.1. The highest BCUT2D eigenvalue weighted by Crippen LogP contribution is 2.40. The Kier molecular flexibility index (Phi) is 9.95. The largest absolute Gasteiger partial charge is 0.491 e.